The van der Waals surface area contributed by atoms with Gasteiger partial charge in [0.05, 0.1) is 5.69 Å². The van der Waals surface area contributed by atoms with Gasteiger partial charge in [-0.25, -0.2) is 0 Å². The molecule has 1 aromatic heterocycles. The number of rotatable bonds is 2. The number of nitrogens with two attached hydrogens (primary N) is 1. The van der Waals surface area contributed by atoms with Gasteiger partial charge in [-0.3, -0.25) is 4.79 Å². The predicted molar refractivity (Wildman–Crippen MR) is 67.8 cm³/mol. The molecule has 0 saturated heterocycles. The second-order valence-corrected chi connectivity index (χ2v) is 4.76. The highest BCUT2D eigenvalue weighted by Crippen LogP contribution is 2.26. The second-order valence-electron chi connectivity index (χ2n) is 4.76. The topological polar surface area (TPSA) is 96.7 Å². The molecule has 3 rings (SSSR count). The minimum Gasteiger partial charge on any atom is -0.328 e. The zero-order valence-electron chi connectivity index (χ0n) is 9.89. The van der Waals surface area contributed by atoms with Gasteiger partial charge in [0, 0.05) is 12.0 Å². The van der Waals surface area contributed by atoms with Crippen molar-refractivity contribution in [3.63, 3.8) is 0 Å². The molecule has 1 heterocycles. The summed E-state index contributed by atoms with van der Waals surface area (Å²) in [5.74, 6) is 0.0422. The Balaban J connectivity index is 1.80. The molecular weight excluding hydrogens is 230 g/mol. The molecule has 18 heavy (non-hydrogen) atoms. The lowest BCUT2D eigenvalue weighted by Gasteiger charge is -2.10. The lowest BCUT2D eigenvalue weighted by molar-refractivity contribution is -0.119. The molecule has 1 aliphatic carbocycles. The molecule has 1 aliphatic rings. The molecule has 0 spiro atoms. The number of benzene rings is 1. The molecule has 1 amide bonds. The fourth-order valence-corrected chi connectivity index (χ4v) is 2.46. The zero-order chi connectivity index (χ0) is 12.5. The third-order valence-electron chi connectivity index (χ3n) is 3.45. The van der Waals surface area contributed by atoms with Gasteiger partial charge in [0.25, 0.3) is 0 Å². The predicted octanol–water partition coefficient (Wildman–Crippen LogP) is 1.02. The third-order valence-corrected chi connectivity index (χ3v) is 3.45. The minimum atomic E-state index is 0.0159. The molecular formula is C12H15N5O. The number of amides is 1. The summed E-state index contributed by atoms with van der Waals surface area (Å²) < 4.78 is 0. The van der Waals surface area contributed by atoms with E-state index in [1.165, 1.54) is 0 Å². The summed E-state index contributed by atoms with van der Waals surface area (Å²) in [6, 6.07) is 5.68. The average molecular weight is 245 g/mol. The number of aromatic nitrogens is 3. The summed E-state index contributed by atoms with van der Waals surface area (Å²) in [4.78, 5) is 12.1. The maximum absolute atomic E-state index is 12.1. The van der Waals surface area contributed by atoms with Crippen LogP contribution in [0.1, 0.15) is 19.3 Å². The van der Waals surface area contributed by atoms with Gasteiger partial charge in [-0.15, -0.1) is 0 Å². The van der Waals surface area contributed by atoms with Crippen LogP contribution in [-0.4, -0.2) is 27.4 Å². The van der Waals surface area contributed by atoms with E-state index >= 15 is 0 Å². The summed E-state index contributed by atoms with van der Waals surface area (Å²) in [6.07, 6.45) is 2.55. The van der Waals surface area contributed by atoms with E-state index in [4.69, 9.17) is 5.73 Å². The molecule has 1 saturated carbocycles. The molecule has 1 fully saturated rings. The highest BCUT2D eigenvalue weighted by Gasteiger charge is 2.28. The van der Waals surface area contributed by atoms with Crippen LogP contribution in [-0.2, 0) is 4.79 Å². The fourth-order valence-electron chi connectivity index (χ4n) is 2.46. The molecule has 2 atom stereocenters. The van der Waals surface area contributed by atoms with Crippen molar-refractivity contribution in [1.29, 1.82) is 0 Å². The minimum absolute atomic E-state index is 0.0159. The highest BCUT2D eigenvalue weighted by molar-refractivity contribution is 6.00. The normalized spacial score (nSPS) is 23.4. The van der Waals surface area contributed by atoms with E-state index in [2.05, 4.69) is 20.7 Å². The highest BCUT2D eigenvalue weighted by atomic mass is 16.1. The Bertz CT molecular complexity index is 579. The first-order valence-electron chi connectivity index (χ1n) is 6.10. The van der Waals surface area contributed by atoms with Gasteiger partial charge in [0.15, 0.2) is 0 Å². The van der Waals surface area contributed by atoms with Gasteiger partial charge in [0.1, 0.15) is 11.0 Å². The van der Waals surface area contributed by atoms with Crippen molar-refractivity contribution < 1.29 is 4.79 Å². The maximum atomic E-state index is 12.1. The number of H-pyrrole nitrogens is 1. The first-order valence-corrected chi connectivity index (χ1v) is 6.10. The van der Waals surface area contributed by atoms with Crippen LogP contribution in [0, 0.1) is 5.92 Å². The van der Waals surface area contributed by atoms with Gasteiger partial charge in [-0.05, 0) is 31.4 Å². The van der Waals surface area contributed by atoms with Crippen LogP contribution >= 0.6 is 0 Å². The lowest BCUT2D eigenvalue weighted by Crippen LogP contribution is -2.23. The van der Waals surface area contributed by atoms with Gasteiger partial charge in [-0.1, -0.05) is 6.07 Å². The largest absolute Gasteiger partial charge is 0.328 e. The number of nitrogens with zero attached hydrogens (tertiary/aromatic N) is 2. The Morgan fingerprint density at radius 3 is 3.06 bits per heavy atom. The summed E-state index contributed by atoms with van der Waals surface area (Å²) in [5.41, 5.74) is 7.96. The van der Waals surface area contributed by atoms with Crippen LogP contribution in [0.15, 0.2) is 18.2 Å². The first-order chi connectivity index (χ1) is 8.74. The molecule has 2 aromatic rings. The number of hydrogen-bond acceptors (Lipinski definition) is 4. The van der Waals surface area contributed by atoms with E-state index < -0.39 is 0 Å². The van der Waals surface area contributed by atoms with E-state index in [0.29, 0.717) is 11.2 Å². The number of fused-ring (bicyclic) bond motifs is 1. The van der Waals surface area contributed by atoms with Crippen molar-refractivity contribution in [1.82, 2.24) is 15.4 Å². The Morgan fingerprint density at radius 1 is 1.39 bits per heavy atom. The van der Waals surface area contributed by atoms with Crippen molar-refractivity contribution in [2.45, 2.75) is 25.3 Å². The molecule has 1 aromatic carbocycles. The van der Waals surface area contributed by atoms with Crippen LogP contribution in [0.2, 0.25) is 0 Å². The number of para-hydroxylation sites is 1. The number of nitrogens with one attached hydrogen (secondary N) is 2. The number of aromatic amines is 1. The third kappa shape index (κ3) is 1.95. The number of carbonyl (C=O) groups is 1. The van der Waals surface area contributed by atoms with E-state index in [0.717, 1.165) is 24.8 Å². The van der Waals surface area contributed by atoms with E-state index in [1.807, 2.05) is 18.2 Å². The molecule has 0 unspecified atom stereocenters. The quantitative estimate of drug-likeness (QED) is 0.736. The van der Waals surface area contributed by atoms with Crippen LogP contribution in [0.3, 0.4) is 0 Å². The average Bonchev–Trinajstić information content (AvgIpc) is 2.97. The lowest BCUT2D eigenvalue weighted by atomic mass is 10.1. The summed E-state index contributed by atoms with van der Waals surface area (Å²) >= 11 is 0. The van der Waals surface area contributed by atoms with Crippen LogP contribution < -0.4 is 11.1 Å². The number of carbonyl (C=O) groups excluding carboxylic acids is 1. The number of hydrogen-bond donors (Lipinski definition) is 3. The smallest absolute Gasteiger partial charge is 0.227 e. The molecule has 0 aliphatic heterocycles. The first kappa shape index (κ1) is 11.2. The van der Waals surface area contributed by atoms with Crippen molar-refractivity contribution >= 4 is 22.6 Å². The Labute approximate surface area is 104 Å². The van der Waals surface area contributed by atoms with Crippen molar-refractivity contribution in [2.24, 2.45) is 11.7 Å². The summed E-state index contributed by atoms with van der Waals surface area (Å²) in [7, 11) is 0. The molecule has 6 nitrogen and oxygen atoms in total. The molecule has 94 valence electrons. The Morgan fingerprint density at radius 2 is 2.28 bits per heavy atom. The number of anilines is 1. The van der Waals surface area contributed by atoms with Crippen LogP contribution in [0.25, 0.3) is 11.0 Å². The summed E-state index contributed by atoms with van der Waals surface area (Å²) in [6.45, 7) is 0. The van der Waals surface area contributed by atoms with Gasteiger partial charge in [0.2, 0.25) is 5.91 Å². The molecule has 0 radical (unpaired) electrons. The van der Waals surface area contributed by atoms with Crippen LogP contribution in [0.4, 0.5) is 5.69 Å². The maximum Gasteiger partial charge on any atom is 0.227 e. The Kier molecular flexibility index (Phi) is 2.71. The van der Waals surface area contributed by atoms with Crippen molar-refractivity contribution in [3.05, 3.63) is 18.2 Å². The van der Waals surface area contributed by atoms with Gasteiger partial charge in [-0.2, -0.15) is 15.4 Å². The van der Waals surface area contributed by atoms with E-state index in [9.17, 15) is 4.79 Å². The fraction of sp³-hybridized carbons (Fsp3) is 0.417. The van der Waals surface area contributed by atoms with Crippen LogP contribution in [0.5, 0.6) is 0 Å². The van der Waals surface area contributed by atoms with E-state index in [-0.39, 0.29) is 17.9 Å². The van der Waals surface area contributed by atoms with E-state index in [1.54, 1.807) is 0 Å². The molecule has 6 heteroatoms. The van der Waals surface area contributed by atoms with Gasteiger partial charge >= 0.3 is 0 Å². The monoisotopic (exact) mass is 245 g/mol. The zero-order valence-corrected chi connectivity index (χ0v) is 9.89. The standard InChI is InChI=1S/C12H15N5O/c13-8-5-4-7(6-8)12(18)14-9-2-1-3-10-11(9)16-17-15-10/h1-3,7-8H,4-6,13H2,(H,14,18)(H,15,16,17)/t7-,8+/m1/s1. The van der Waals surface area contributed by atoms with Gasteiger partial charge < -0.3 is 11.1 Å². The molecule has 4 N–H and O–H groups in total. The molecule has 0 bridgehead atoms. The Hall–Kier alpha value is -1.95. The summed E-state index contributed by atoms with van der Waals surface area (Å²) in [5, 5.41) is 13.5. The second kappa shape index (κ2) is 4.38. The SMILES string of the molecule is N[C@H]1CC[C@@H](C(=O)Nc2cccc3n[nH]nc23)C1. The van der Waals surface area contributed by atoms with Crippen molar-refractivity contribution in [2.75, 3.05) is 5.32 Å². The van der Waals surface area contributed by atoms with Crippen molar-refractivity contribution in [3.8, 4) is 0 Å².